The molecule has 15 heavy (non-hydrogen) atoms. The van der Waals surface area contributed by atoms with Crippen molar-refractivity contribution in [2.75, 3.05) is 0 Å². The highest BCUT2D eigenvalue weighted by molar-refractivity contribution is 5.94. The number of hydrogen-bond donors (Lipinski definition) is 1. The van der Waals surface area contributed by atoms with Gasteiger partial charge in [0, 0.05) is 5.57 Å². The summed E-state index contributed by atoms with van der Waals surface area (Å²) in [5.41, 5.74) is 0.479. The quantitative estimate of drug-likeness (QED) is 0.757. The molecule has 1 N–H and O–H groups in total. The summed E-state index contributed by atoms with van der Waals surface area (Å²) in [6.07, 6.45) is 2.41. The highest BCUT2D eigenvalue weighted by Crippen LogP contribution is 2.32. The second kappa shape index (κ2) is 3.61. The van der Waals surface area contributed by atoms with E-state index in [4.69, 9.17) is 9.52 Å². The maximum Gasteiger partial charge on any atom is 0.319 e. The maximum atomic E-state index is 11.2. The van der Waals surface area contributed by atoms with Crippen molar-refractivity contribution in [1.82, 2.24) is 0 Å². The van der Waals surface area contributed by atoms with Crippen LogP contribution in [0.4, 0.5) is 0 Å². The minimum atomic E-state index is -1.05. The number of cyclic esters (lactones) is 1. The summed E-state index contributed by atoms with van der Waals surface area (Å²) in [7, 11) is 0. The highest BCUT2D eigenvalue weighted by atomic mass is 16.5. The number of carbonyl (C=O) groups is 2. The summed E-state index contributed by atoms with van der Waals surface area (Å²) >= 11 is 0. The van der Waals surface area contributed by atoms with E-state index in [-0.39, 0.29) is 6.42 Å². The fraction of sp³-hybridized carbons (Fsp3) is 0.200. The molecule has 1 aromatic rings. The molecule has 5 nitrogen and oxygen atoms in total. The first-order chi connectivity index (χ1) is 7.18. The summed E-state index contributed by atoms with van der Waals surface area (Å²) < 4.78 is 9.76. The molecule has 0 bridgehead atoms. The molecule has 1 atom stereocenters. The zero-order valence-corrected chi connectivity index (χ0v) is 7.67. The number of furan rings is 1. The van der Waals surface area contributed by atoms with E-state index in [9.17, 15) is 9.59 Å². The molecule has 0 aromatic carbocycles. The summed E-state index contributed by atoms with van der Waals surface area (Å²) in [5, 5.41) is 8.64. The van der Waals surface area contributed by atoms with E-state index >= 15 is 0 Å². The Morgan fingerprint density at radius 2 is 2.33 bits per heavy atom. The fourth-order valence-electron chi connectivity index (χ4n) is 1.45. The third-order valence-electron chi connectivity index (χ3n) is 2.15. The first-order valence-electron chi connectivity index (χ1n) is 4.34. The number of carboxylic acid groups (broad SMARTS) is 1. The Kier molecular flexibility index (Phi) is 2.29. The van der Waals surface area contributed by atoms with E-state index in [1.807, 2.05) is 0 Å². The highest BCUT2D eigenvalue weighted by Gasteiger charge is 2.34. The molecule has 5 heteroatoms. The summed E-state index contributed by atoms with van der Waals surface area (Å²) in [4.78, 5) is 21.8. The lowest BCUT2D eigenvalue weighted by Crippen LogP contribution is -2.15. The first-order valence-corrected chi connectivity index (χ1v) is 4.34. The minimum absolute atomic E-state index is 0.286. The SMILES string of the molecule is O=C(O)CC1C(=O)OC=C1c1ccco1. The molecule has 0 aliphatic carbocycles. The summed E-state index contributed by atoms with van der Waals surface area (Å²) in [5.74, 6) is -1.90. The summed E-state index contributed by atoms with van der Waals surface area (Å²) in [6.45, 7) is 0. The van der Waals surface area contributed by atoms with Crippen LogP contribution in [-0.2, 0) is 14.3 Å². The Bertz CT molecular complexity index is 415. The van der Waals surface area contributed by atoms with Gasteiger partial charge in [0.05, 0.1) is 18.6 Å². The van der Waals surface area contributed by atoms with Gasteiger partial charge in [0.25, 0.3) is 0 Å². The predicted molar refractivity (Wildman–Crippen MR) is 48.5 cm³/mol. The molecule has 0 saturated carbocycles. The van der Waals surface area contributed by atoms with E-state index in [1.165, 1.54) is 12.5 Å². The molecule has 0 radical (unpaired) electrons. The fourth-order valence-corrected chi connectivity index (χ4v) is 1.45. The Morgan fingerprint density at radius 3 is 2.93 bits per heavy atom. The smallest absolute Gasteiger partial charge is 0.319 e. The monoisotopic (exact) mass is 208 g/mol. The van der Waals surface area contributed by atoms with Gasteiger partial charge in [-0.25, -0.2) is 0 Å². The van der Waals surface area contributed by atoms with Gasteiger partial charge in [0.2, 0.25) is 0 Å². The molecule has 78 valence electrons. The van der Waals surface area contributed by atoms with Crippen LogP contribution < -0.4 is 0 Å². The van der Waals surface area contributed by atoms with Crippen LogP contribution in [0.5, 0.6) is 0 Å². The maximum absolute atomic E-state index is 11.2. The number of rotatable bonds is 3. The molecular formula is C10H8O5. The number of ether oxygens (including phenoxy) is 1. The topological polar surface area (TPSA) is 76.7 Å². The van der Waals surface area contributed by atoms with E-state index in [0.717, 1.165) is 0 Å². The Morgan fingerprint density at radius 1 is 1.53 bits per heavy atom. The molecule has 1 unspecified atom stereocenters. The zero-order valence-electron chi connectivity index (χ0n) is 7.67. The van der Waals surface area contributed by atoms with Gasteiger partial charge in [0.1, 0.15) is 12.0 Å². The number of aliphatic carboxylic acids is 1. The van der Waals surface area contributed by atoms with Crippen LogP contribution in [0.3, 0.4) is 0 Å². The predicted octanol–water partition coefficient (Wildman–Crippen LogP) is 1.27. The zero-order chi connectivity index (χ0) is 10.8. The second-order valence-corrected chi connectivity index (χ2v) is 3.14. The Labute approximate surface area is 85.0 Å². The molecule has 0 saturated heterocycles. The number of hydrogen-bond acceptors (Lipinski definition) is 4. The van der Waals surface area contributed by atoms with E-state index < -0.39 is 17.9 Å². The van der Waals surface area contributed by atoms with Gasteiger partial charge in [-0.1, -0.05) is 0 Å². The van der Waals surface area contributed by atoms with Gasteiger partial charge in [-0.3, -0.25) is 9.59 Å². The molecule has 1 aliphatic heterocycles. The second-order valence-electron chi connectivity index (χ2n) is 3.14. The number of carbonyl (C=O) groups excluding carboxylic acids is 1. The van der Waals surface area contributed by atoms with Crippen LogP contribution in [0.1, 0.15) is 12.2 Å². The van der Waals surface area contributed by atoms with Crippen LogP contribution in [0, 0.1) is 5.92 Å². The van der Waals surface area contributed by atoms with Crippen LogP contribution in [-0.4, -0.2) is 17.0 Å². The van der Waals surface area contributed by atoms with E-state index in [0.29, 0.717) is 11.3 Å². The van der Waals surface area contributed by atoms with Gasteiger partial charge in [0.15, 0.2) is 0 Å². The van der Waals surface area contributed by atoms with Gasteiger partial charge < -0.3 is 14.3 Å². The van der Waals surface area contributed by atoms with Crippen molar-refractivity contribution in [1.29, 1.82) is 0 Å². The first kappa shape index (κ1) is 9.51. The molecule has 0 fully saturated rings. The lowest BCUT2D eigenvalue weighted by Gasteiger charge is -2.05. The van der Waals surface area contributed by atoms with Crippen LogP contribution in [0.15, 0.2) is 29.1 Å². The molecule has 1 aromatic heterocycles. The summed E-state index contributed by atoms with van der Waals surface area (Å²) in [6, 6.07) is 3.32. The van der Waals surface area contributed by atoms with Crippen molar-refractivity contribution in [2.24, 2.45) is 5.92 Å². The third kappa shape index (κ3) is 1.76. The molecular weight excluding hydrogens is 200 g/mol. The number of esters is 1. The van der Waals surface area contributed by atoms with E-state index in [2.05, 4.69) is 4.74 Å². The molecule has 2 rings (SSSR count). The minimum Gasteiger partial charge on any atom is -0.481 e. The Hall–Kier alpha value is -2.04. The lowest BCUT2D eigenvalue weighted by molar-refractivity contribution is -0.145. The normalized spacial score (nSPS) is 19.9. The largest absolute Gasteiger partial charge is 0.481 e. The molecule has 1 aliphatic rings. The molecule has 2 heterocycles. The van der Waals surface area contributed by atoms with Crippen molar-refractivity contribution in [3.8, 4) is 0 Å². The van der Waals surface area contributed by atoms with Gasteiger partial charge in [-0.15, -0.1) is 0 Å². The molecule has 0 amide bonds. The van der Waals surface area contributed by atoms with E-state index in [1.54, 1.807) is 12.1 Å². The molecule has 0 spiro atoms. The van der Waals surface area contributed by atoms with Crippen LogP contribution in [0.2, 0.25) is 0 Å². The van der Waals surface area contributed by atoms with Crippen molar-refractivity contribution >= 4 is 17.5 Å². The van der Waals surface area contributed by atoms with Crippen molar-refractivity contribution in [3.05, 3.63) is 30.4 Å². The standard InChI is InChI=1S/C10H8O5/c11-9(12)4-6-7(5-15-10(6)13)8-2-1-3-14-8/h1-3,5-6H,4H2,(H,11,12). The van der Waals surface area contributed by atoms with Gasteiger partial charge in [-0.05, 0) is 12.1 Å². The lowest BCUT2D eigenvalue weighted by atomic mass is 9.96. The van der Waals surface area contributed by atoms with Crippen molar-refractivity contribution in [2.45, 2.75) is 6.42 Å². The van der Waals surface area contributed by atoms with Crippen molar-refractivity contribution in [3.63, 3.8) is 0 Å². The Balaban J connectivity index is 2.24. The average Bonchev–Trinajstić information content (AvgIpc) is 2.76. The van der Waals surface area contributed by atoms with Crippen molar-refractivity contribution < 1.29 is 23.8 Å². The van der Waals surface area contributed by atoms with Crippen LogP contribution in [0.25, 0.3) is 5.57 Å². The average molecular weight is 208 g/mol. The van der Waals surface area contributed by atoms with Gasteiger partial charge in [-0.2, -0.15) is 0 Å². The van der Waals surface area contributed by atoms with Crippen LogP contribution >= 0.6 is 0 Å². The van der Waals surface area contributed by atoms with Gasteiger partial charge >= 0.3 is 11.9 Å². The number of carboxylic acids is 1. The third-order valence-corrected chi connectivity index (χ3v) is 2.15.